The van der Waals surface area contributed by atoms with Crippen LogP contribution < -0.4 is 0 Å². The van der Waals surface area contributed by atoms with Crippen LogP contribution in [-0.2, 0) is 22.7 Å². The van der Waals surface area contributed by atoms with Gasteiger partial charge in [0.2, 0.25) is 0 Å². The van der Waals surface area contributed by atoms with Crippen molar-refractivity contribution in [2.24, 2.45) is 0 Å². The Kier molecular flexibility index (Phi) is 10.4. The fraction of sp³-hybridized carbons (Fsp3) is 1.00. The van der Waals surface area contributed by atoms with Crippen LogP contribution in [0.25, 0.3) is 0 Å². The third-order valence-electron chi connectivity index (χ3n) is 3.50. The summed E-state index contributed by atoms with van der Waals surface area (Å²) in [6.07, 6.45) is 1.67. The summed E-state index contributed by atoms with van der Waals surface area (Å²) in [5, 5.41) is 8.38. The molecule has 23 heavy (non-hydrogen) atoms. The average Bonchev–Trinajstić information content (AvgIpc) is 2.46. The summed E-state index contributed by atoms with van der Waals surface area (Å²) in [4.78, 5) is 10.4. The van der Waals surface area contributed by atoms with E-state index < -0.39 is 26.4 Å². The summed E-state index contributed by atoms with van der Waals surface area (Å²) < 4.78 is 41.2. The minimum absolute atomic E-state index is 0.0172. The Morgan fingerprint density at radius 2 is 1.57 bits per heavy atom. The molecule has 3 atom stereocenters. The Labute approximate surface area is 139 Å². The largest absolute Gasteiger partial charge is 0.374 e. The van der Waals surface area contributed by atoms with Gasteiger partial charge in [0.15, 0.2) is 0 Å². The normalized spacial score (nSPS) is 19.1. The molecule has 0 radical (unpaired) electrons. The van der Waals surface area contributed by atoms with Crippen molar-refractivity contribution in [3.8, 4) is 0 Å². The fourth-order valence-electron chi connectivity index (χ4n) is 2.03. The van der Waals surface area contributed by atoms with E-state index in [0.29, 0.717) is 19.3 Å². The summed E-state index contributed by atoms with van der Waals surface area (Å²) in [5.41, 5.74) is 0. The summed E-state index contributed by atoms with van der Waals surface area (Å²) in [6.45, 7) is 8.48. The molecule has 0 aromatic rings. The molecule has 9 heteroatoms. The van der Waals surface area contributed by atoms with Crippen molar-refractivity contribution >= 4 is 15.2 Å². The first kappa shape index (κ1) is 23.3. The molecule has 0 heterocycles. The zero-order valence-electron chi connectivity index (χ0n) is 14.9. The van der Waals surface area contributed by atoms with Crippen molar-refractivity contribution in [2.75, 3.05) is 13.2 Å². The molecule has 0 saturated heterocycles. The van der Waals surface area contributed by atoms with Gasteiger partial charge in [0, 0.05) is 0 Å². The van der Waals surface area contributed by atoms with E-state index in [1.54, 1.807) is 27.7 Å². The Morgan fingerprint density at radius 1 is 1.04 bits per heavy atom. The molecule has 0 aliphatic heterocycles. The molecule has 140 valence electrons. The molecular weight excluding hydrogens is 342 g/mol. The van der Waals surface area contributed by atoms with Gasteiger partial charge in [-0.3, -0.25) is 9.13 Å². The van der Waals surface area contributed by atoms with Crippen LogP contribution in [0, 0.1) is 0 Å². The Balaban J connectivity index is 5.77. The summed E-state index contributed by atoms with van der Waals surface area (Å²) in [5.74, 6) is 0. The maximum absolute atomic E-state index is 13.0. The topological polar surface area (TPSA) is 102 Å². The molecule has 0 aliphatic rings. The molecule has 7 nitrogen and oxygen atoms in total. The highest BCUT2D eigenvalue weighted by atomic mass is 31.2. The van der Waals surface area contributed by atoms with E-state index in [4.69, 9.17) is 13.6 Å². The molecule has 2 N–H and O–H groups in total. The molecule has 0 aromatic carbocycles. The summed E-state index contributed by atoms with van der Waals surface area (Å²) in [6, 6.07) is 0. The third kappa shape index (κ3) is 5.93. The predicted molar refractivity (Wildman–Crippen MR) is 90.6 cm³/mol. The van der Waals surface area contributed by atoms with Crippen molar-refractivity contribution in [3.63, 3.8) is 0 Å². The first-order chi connectivity index (χ1) is 10.6. The van der Waals surface area contributed by atoms with E-state index in [-0.39, 0.29) is 19.6 Å². The Bertz CT molecular complexity index is 419. The van der Waals surface area contributed by atoms with Gasteiger partial charge >= 0.3 is 15.2 Å². The van der Waals surface area contributed by atoms with Crippen LogP contribution in [0.4, 0.5) is 0 Å². The lowest BCUT2D eigenvalue weighted by Gasteiger charge is -2.37. The van der Waals surface area contributed by atoms with Gasteiger partial charge in [0.05, 0.1) is 19.3 Å². The lowest BCUT2D eigenvalue weighted by molar-refractivity contribution is 0.0735. The van der Waals surface area contributed by atoms with Crippen LogP contribution in [-0.4, -0.2) is 34.4 Å². The van der Waals surface area contributed by atoms with Crippen LogP contribution in [0.1, 0.15) is 66.7 Å². The highest BCUT2D eigenvalue weighted by Crippen LogP contribution is 2.76. The van der Waals surface area contributed by atoms with Crippen molar-refractivity contribution in [1.82, 2.24) is 0 Å². The van der Waals surface area contributed by atoms with Gasteiger partial charge in [-0.25, -0.2) is 0 Å². The van der Waals surface area contributed by atoms with E-state index in [1.165, 1.54) is 0 Å². The lowest BCUT2D eigenvalue weighted by Crippen LogP contribution is -2.33. The van der Waals surface area contributed by atoms with Crippen LogP contribution >= 0.6 is 15.2 Å². The van der Waals surface area contributed by atoms with Crippen LogP contribution in [0.5, 0.6) is 0 Å². The van der Waals surface area contributed by atoms with Crippen LogP contribution in [0.2, 0.25) is 0 Å². The highest BCUT2D eigenvalue weighted by molar-refractivity contribution is 7.73. The van der Waals surface area contributed by atoms with E-state index >= 15 is 0 Å². The zero-order valence-corrected chi connectivity index (χ0v) is 16.6. The second-order valence-electron chi connectivity index (χ2n) is 5.41. The maximum atomic E-state index is 13.0. The lowest BCUT2D eigenvalue weighted by atomic mass is 10.2. The van der Waals surface area contributed by atoms with Crippen LogP contribution in [0.3, 0.4) is 0 Å². The van der Waals surface area contributed by atoms with Gasteiger partial charge in [-0.1, -0.05) is 26.7 Å². The number of rotatable bonds is 13. The standard InChI is InChI=1S/C14H32O7P2/c1-6-10-11-12-14(15,22(16,17)21-13(5)7-2)23(18,19-8-3)20-9-4/h13,15H,6-12H2,1-5H3,(H,16,17). The van der Waals surface area contributed by atoms with E-state index in [9.17, 15) is 19.1 Å². The average molecular weight is 374 g/mol. The fourth-order valence-corrected chi connectivity index (χ4v) is 6.60. The predicted octanol–water partition coefficient (Wildman–Crippen LogP) is 4.48. The number of hydrogen-bond donors (Lipinski definition) is 2. The first-order valence-corrected chi connectivity index (χ1v) is 11.4. The molecule has 0 aromatic heterocycles. The molecular formula is C14H32O7P2. The Morgan fingerprint density at radius 3 is 1.96 bits per heavy atom. The quantitative estimate of drug-likeness (QED) is 0.362. The van der Waals surface area contributed by atoms with E-state index in [0.717, 1.165) is 6.42 Å². The number of hydrogen-bond acceptors (Lipinski definition) is 6. The van der Waals surface area contributed by atoms with Gasteiger partial charge in [-0.2, -0.15) is 0 Å². The third-order valence-corrected chi connectivity index (χ3v) is 9.07. The van der Waals surface area contributed by atoms with Crippen molar-refractivity contribution in [3.05, 3.63) is 0 Å². The Hall–Kier alpha value is 0.260. The summed E-state index contributed by atoms with van der Waals surface area (Å²) in [7, 11) is -8.92. The number of aliphatic hydroxyl groups is 1. The van der Waals surface area contributed by atoms with E-state index in [1.807, 2.05) is 6.92 Å². The van der Waals surface area contributed by atoms with Gasteiger partial charge in [-0.05, 0) is 40.0 Å². The smallest absolute Gasteiger partial charge is 0.368 e. The van der Waals surface area contributed by atoms with Crippen molar-refractivity contribution in [2.45, 2.75) is 77.9 Å². The maximum Gasteiger partial charge on any atom is 0.374 e. The molecule has 0 spiro atoms. The molecule has 0 rings (SSSR count). The second kappa shape index (κ2) is 10.3. The van der Waals surface area contributed by atoms with Crippen LogP contribution in [0.15, 0.2) is 0 Å². The minimum atomic E-state index is -4.67. The molecule has 3 unspecified atom stereocenters. The SMILES string of the molecule is CCCCCC(O)(P(=O)(O)OC(C)CC)P(=O)(OCC)OCC. The molecule has 0 fully saturated rings. The zero-order chi connectivity index (χ0) is 18.1. The molecule has 0 saturated carbocycles. The first-order valence-electron chi connectivity index (χ1n) is 8.26. The number of unbranched alkanes of at least 4 members (excludes halogenated alkanes) is 2. The van der Waals surface area contributed by atoms with E-state index in [2.05, 4.69) is 0 Å². The highest BCUT2D eigenvalue weighted by Gasteiger charge is 2.63. The monoisotopic (exact) mass is 374 g/mol. The van der Waals surface area contributed by atoms with Crippen molar-refractivity contribution in [1.29, 1.82) is 0 Å². The minimum Gasteiger partial charge on any atom is -0.368 e. The summed E-state index contributed by atoms with van der Waals surface area (Å²) >= 11 is 0. The second-order valence-corrected chi connectivity index (χ2v) is 10.0. The van der Waals surface area contributed by atoms with Gasteiger partial charge in [-0.15, -0.1) is 0 Å². The van der Waals surface area contributed by atoms with Gasteiger partial charge < -0.3 is 23.6 Å². The van der Waals surface area contributed by atoms with Crippen molar-refractivity contribution < 1.29 is 32.7 Å². The molecule has 0 amide bonds. The van der Waals surface area contributed by atoms with Gasteiger partial charge in [0.25, 0.3) is 5.08 Å². The molecule has 0 bridgehead atoms. The van der Waals surface area contributed by atoms with Gasteiger partial charge in [0.1, 0.15) is 0 Å². The molecule has 0 aliphatic carbocycles.